The van der Waals surface area contributed by atoms with Crippen LogP contribution in [0, 0.1) is 0 Å². The van der Waals surface area contributed by atoms with E-state index in [0.717, 1.165) is 0 Å². The zero-order valence-corrected chi connectivity index (χ0v) is 5.97. The van der Waals surface area contributed by atoms with Crippen molar-refractivity contribution in [3.63, 3.8) is 0 Å². The molecule has 0 spiro atoms. The van der Waals surface area contributed by atoms with Gasteiger partial charge in [0.1, 0.15) is 0 Å². The highest BCUT2D eigenvalue weighted by Gasteiger charge is 2.47. The second kappa shape index (κ2) is 2.03. The molecule has 1 aromatic rings. The molecular weight excluding hydrogens is 164 g/mol. The molecule has 1 aliphatic rings. The van der Waals surface area contributed by atoms with E-state index in [4.69, 9.17) is 0 Å². The maximum Gasteiger partial charge on any atom is 0.352 e. The minimum Gasteiger partial charge on any atom is -0.320 e. The van der Waals surface area contributed by atoms with Gasteiger partial charge in [0, 0.05) is 0 Å². The van der Waals surface area contributed by atoms with E-state index in [9.17, 15) is 13.6 Å². The predicted octanol–water partition coefficient (Wildman–Crippen LogP) is 1.73. The van der Waals surface area contributed by atoms with Gasteiger partial charge in [0.15, 0.2) is 0 Å². The van der Waals surface area contributed by atoms with Crippen molar-refractivity contribution in [1.29, 1.82) is 0 Å². The van der Waals surface area contributed by atoms with Crippen molar-refractivity contribution in [2.45, 2.75) is 5.92 Å². The Kier molecular flexibility index (Phi) is 1.22. The molecule has 2 nitrogen and oxygen atoms in total. The van der Waals surface area contributed by atoms with E-state index in [2.05, 4.69) is 5.32 Å². The largest absolute Gasteiger partial charge is 0.352 e. The Labute approximate surface area is 67.2 Å². The molecule has 2 rings (SSSR count). The Morgan fingerprint density at radius 3 is 2.58 bits per heavy atom. The molecule has 0 fully saturated rings. The number of carbonyl (C=O) groups is 1. The zero-order valence-electron chi connectivity index (χ0n) is 5.97. The summed E-state index contributed by atoms with van der Waals surface area (Å²) in [5, 5.41) is 2.10. The predicted molar refractivity (Wildman–Crippen MR) is 39.0 cm³/mol. The first-order valence-electron chi connectivity index (χ1n) is 3.41. The number of anilines is 1. The maximum absolute atomic E-state index is 12.9. The van der Waals surface area contributed by atoms with Crippen LogP contribution in [0.1, 0.15) is 5.56 Å². The summed E-state index contributed by atoms with van der Waals surface area (Å²) in [5.74, 6) is -4.61. The van der Waals surface area contributed by atoms with E-state index in [-0.39, 0.29) is 11.3 Å². The summed E-state index contributed by atoms with van der Waals surface area (Å²) in [6.07, 6.45) is 0. The molecule has 0 unspecified atom stereocenters. The third-order valence-corrected chi connectivity index (χ3v) is 1.80. The number of amides is 1. The van der Waals surface area contributed by atoms with E-state index in [1.807, 2.05) is 0 Å². The third kappa shape index (κ3) is 0.747. The van der Waals surface area contributed by atoms with Crippen LogP contribution < -0.4 is 5.32 Å². The summed E-state index contributed by atoms with van der Waals surface area (Å²) in [7, 11) is 0. The lowest BCUT2D eigenvalue weighted by molar-refractivity contribution is -0.139. The van der Waals surface area contributed by atoms with Gasteiger partial charge in [-0.15, -0.1) is 0 Å². The van der Waals surface area contributed by atoms with Crippen LogP contribution in [0.2, 0.25) is 0 Å². The van der Waals surface area contributed by atoms with Crippen molar-refractivity contribution in [2.75, 3.05) is 5.32 Å². The lowest BCUT2D eigenvalue weighted by Gasteiger charge is -2.04. The molecule has 0 saturated heterocycles. The average Bonchev–Trinajstić information content (AvgIpc) is 2.25. The number of para-hydroxylation sites is 1. The summed E-state index contributed by atoms with van der Waals surface area (Å²) in [6.45, 7) is 0. The van der Waals surface area contributed by atoms with Crippen LogP contribution in [0.4, 0.5) is 14.5 Å². The molecule has 62 valence electrons. The number of fused-ring (bicyclic) bond motifs is 1. The minimum atomic E-state index is -3.36. The van der Waals surface area contributed by atoms with Crippen LogP contribution >= 0.6 is 0 Å². The fraction of sp³-hybridized carbons (Fsp3) is 0.125. The molecule has 0 atom stereocenters. The Morgan fingerprint density at radius 1 is 1.25 bits per heavy atom. The van der Waals surface area contributed by atoms with Gasteiger partial charge in [0.05, 0.1) is 11.3 Å². The van der Waals surface area contributed by atoms with Gasteiger partial charge >= 0.3 is 5.92 Å². The fourth-order valence-electron chi connectivity index (χ4n) is 1.19. The number of halogens is 2. The lowest BCUT2D eigenvalue weighted by Crippen LogP contribution is -2.23. The Hall–Kier alpha value is -1.45. The normalized spacial score (nSPS) is 18.7. The number of hydrogen-bond acceptors (Lipinski definition) is 1. The minimum absolute atomic E-state index is 0.201. The third-order valence-electron chi connectivity index (χ3n) is 1.80. The smallest absolute Gasteiger partial charge is 0.320 e. The van der Waals surface area contributed by atoms with E-state index in [1.165, 1.54) is 18.2 Å². The van der Waals surface area contributed by atoms with E-state index in [0.29, 0.717) is 0 Å². The molecule has 1 N–H and O–H groups in total. The molecule has 0 aliphatic carbocycles. The zero-order chi connectivity index (χ0) is 8.77. The summed E-state index contributed by atoms with van der Waals surface area (Å²) >= 11 is 0. The number of carbonyl (C=O) groups excluding carboxylic acids is 1. The molecule has 1 aliphatic heterocycles. The number of nitrogens with one attached hydrogen (secondary N) is 1. The number of hydrogen-bond donors (Lipinski definition) is 1. The first-order chi connectivity index (χ1) is 5.62. The van der Waals surface area contributed by atoms with Crippen LogP contribution in [-0.4, -0.2) is 5.91 Å². The van der Waals surface area contributed by atoms with Crippen molar-refractivity contribution in [3.8, 4) is 0 Å². The van der Waals surface area contributed by atoms with Crippen LogP contribution in [0.25, 0.3) is 0 Å². The highest BCUT2D eigenvalue weighted by atomic mass is 19.3. The van der Waals surface area contributed by atoms with Gasteiger partial charge in [-0.1, -0.05) is 18.2 Å². The first-order valence-corrected chi connectivity index (χ1v) is 3.41. The summed E-state index contributed by atoms with van der Waals surface area (Å²) in [6, 6.07) is 5.77. The highest BCUT2D eigenvalue weighted by Crippen LogP contribution is 2.39. The van der Waals surface area contributed by atoms with Gasteiger partial charge in [0.2, 0.25) is 0 Å². The van der Waals surface area contributed by atoms with Crippen LogP contribution in [0.3, 0.4) is 0 Å². The molecule has 1 amide bonds. The molecule has 0 radical (unpaired) electrons. The Morgan fingerprint density at radius 2 is 1.92 bits per heavy atom. The fourth-order valence-corrected chi connectivity index (χ4v) is 1.19. The number of rotatable bonds is 0. The second-order valence-corrected chi connectivity index (χ2v) is 2.57. The molecule has 12 heavy (non-hydrogen) atoms. The van der Waals surface area contributed by atoms with Crippen molar-refractivity contribution >= 4 is 11.6 Å². The standard InChI is InChI=1S/C8H5F2NO/c9-8(10)5-3-1-2-4-6(5)11-7(8)12/h1-4H,(H,11,12). The molecule has 0 aromatic heterocycles. The summed E-state index contributed by atoms with van der Waals surface area (Å²) in [4.78, 5) is 10.7. The lowest BCUT2D eigenvalue weighted by atomic mass is 10.1. The van der Waals surface area contributed by atoms with E-state index < -0.39 is 11.8 Å². The summed E-state index contributed by atoms with van der Waals surface area (Å²) < 4.78 is 25.8. The van der Waals surface area contributed by atoms with Crippen molar-refractivity contribution < 1.29 is 13.6 Å². The van der Waals surface area contributed by atoms with Gasteiger partial charge in [-0.2, -0.15) is 8.78 Å². The quantitative estimate of drug-likeness (QED) is 0.629. The Balaban J connectivity index is 2.63. The van der Waals surface area contributed by atoms with E-state index >= 15 is 0 Å². The van der Waals surface area contributed by atoms with Gasteiger partial charge in [0.25, 0.3) is 5.91 Å². The molecule has 0 bridgehead atoms. The van der Waals surface area contributed by atoms with Crippen molar-refractivity contribution in [2.24, 2.45) is 0 Å². The SMILES string of the molecule is O=C1Nc2ccccc2C1(F)F. The molecule has 1 aromatic carbocycles. The monoisotopic (exact) mass is 169 g/mol. The van der Waals surface area contributed by atoms with Crippen molar-refractivity contribution in [3.05, 3.63) is 29.8 Å². The van der Waals surface area contributed by atoms with Crippen LogP contribution in [0.5, 0.6) is 0 Å². The van der Waals surface area contributed by atoms with Crippen molar-refractivity contribution in [1.82, 2.24) is 0 Å². The van der Waals surface area contributed by atoms with Gasteiger partial charge in [-0.05, 0) is 6.07 Å². The first kappa shape index (κ1) is 7.21. The maximum atomic E-state index is 12.9. The van der Waals surface area contributed by atoms with Crippen LogP contribution in [0.15, 0.2) is 24.3 Å². The highest BCUT2D eigenvalue weighted by molar-refractivity contribution is 6.03. The van der Waals surface area contributed by atoms with E-state index in [1.54, 1.807) is 6.07 Å². The topological polar surface area (TPSA) is 29.1 Å². The van der Waals surface area contributed by atoms with Gasteiger partial charge in [-0.25, -0.2) is 0 Å². The second-order valence-electron chi connectivity index (χ2n) is 2.57. The Bertz CT molecular complexity index is 349. The van der Waals surface area contributed by atoms with Crippen LogP contribution in [-0.2, 0) is 10.7 Å². The average molecular weight is 169 g/mol. The number of alkyl halides is 2. The van der Waals surface area contributed by atoms with Gasteiger partial charge < -0.3 is 5.32 Å². The molecule has 1 heterocycles. The summed E-state index contributed by atoms with van der Waals surface area (Å²) in [5.41, 5.74) is -0.0394. The number of benzene rings is 1. The van der Waals surface area contributed by atoms with Gasteiger partial charge in [-0.3, -0.25) is 4.79 Å². The molecule has 0 saturated carbocycles. The molecule has 4 heteroatoms. The molecular formula is C8H5F2NO.